The molecule has 7 heteroatoms. The number of hydrogen-bond acceptors (Lipinski definition) is 2. The van der Waals surface area contributed by atoms with Crippen LogP contribution in [0.2, 0.25) is 5.02 Å². The number of fused-ring (bicyclic) bond motifs is 1. The Morgan fingerprint density at radius 3 is 2.59 bits per heavy atom. The lowest BCUT2D eigenvalue weighted by Gasteiger charge is -2.25. The van der Waals surface area contributed by atoms with E-state index in [0.29, 0.717) is 10.4 Å². The van der Waals surface area contributed by atoms with Crippen LogP contribution in [0.4, 0.5) is 18.9 Å². The molecular formula is C20H12ClF3N2O. The average molecular weight is 389 g/mol. The van der Waals surface area contributed by atoms with Gasteiger partial charge in [0.25, 0.3) is 0 Å². The second-order valence-corrected chi connectivity index (χ2v) is 6.13. The first kappa shape index (κ1) is 18.7. The summed E-state index contributed by atoms with van der Waals surface area (Å²) in [5.41, 5.74) is 0.923. The smallest absolute Gasteiger partial charge is 0.297 e. The zero-order valence-corrected chi connectivity index (χ0v) is 14.6. The maximum Gasteiger partial charge on any atom is 0.471 e. The van der Waals surface area contributed by atoms with Crippen LogP contribution in [-0.4, -0.2) is 17.1 Å². The summed E-state index contributed by atoms with van der Waals surface area (Å²) >= 11 is 5.91. The summed E-state index contributed by atoms with van der Waals surface area (Å²) in [6, 6.07) is 14.5. The van der Waals surface area contributed by atoms with Crippen molar-refractivity contribution in [2.24, 2.45) is 0 Å². The van der Waals surface area contributed by atoms with E-state index in [1.165, 1.54) is 18.2 Å². The third-order valence-corrected chi connectivity index (χ3v) is 4.11. The molecule has 0 radical (unpaired) electrons. The van der Waals surface area contributed by atoms with E-state index < -0.39 is 18.6 Å². The highest BCUT2D eigenvalue weighted by Crippen LogP contribution is 2.30. The van der Waals surface area contributed by atoms with Crippen molar-refractivity contribution in [1.29, 1.82) is 0 Å². The molecule has 0 spiro atoms. The highest BCUT2D eigenvalue weighted by molar-refractivity contribution is 6.31. The van der Waals surface area contributed by atoms with E-state index in [-0.39, 0.29) is 22.0 Å². The Kier molecular flexibility index (Phi) is 5.06. The number of pyridine rings is 1. The maximum atomic E-state index is 13.2. The predicted octanol–water partition coefficient (Wildman–Crippen LogP) is 4.97. The molecule has 0 aliphatic rings. The number of carbonyl (C=O) groups is 1. The number of nitrogens with zero attached hydrogens (tertiary/aromatic N) is 2. The minimum atomic E-state index is -5.08. The summed E-state index contributed by atoms with van der Waals surface area (Å²) < 4.78 is 39.5. The van der Waals surface area contributed by atoms with Crippen LogP contribution in [-0.2, 0) is 11.3 Å². The minimum Gasteiger partial charge on any atom is -0.297 e. The van der Waals surface area contributed by atoms with Gasteiger partial charge in [0.1, 0.15) is 0 Å². The highest BCUT2D eigenvalue weighted by atomic mass is 35.5. The molecule has 0 N–H and O–H groups in total. The summed E-state index contributed by atoms with van der Waals surface area (Å²) in [7, 11) is 0. The monoisotopic (exact) mass is 388 g/mol. The van der Waals surface area contributed by atoms with Gasteiger partial charge in [-0.2, -0.15) is 13.2 Å². The van der Waals surface area contributed by atoms with Crippen LogP contribution in [0.15, 0.2) is 54.6 Å². The lowest BCUT2D eigenvalue weighted by molar-refractivity contribution is -0.170. The van der Waals surface area contributed by atoms with Gasteiger partial charge in [-0.15, -0.1) is 6.42 Å². The van der Waals surface area contributed by atoms with Crippen molar-refractivity contribution in [2.45, 2.75) is 12.7 Å². The second kappa shape index (κ2) is 7.29. The number of carbonyl (C=O) groups excluding carboxylic acids is 1. The minimum absolute atomic E-state index is 0.0951. The van der Waals surface area contributed by atoms with E-state index in [1.54, 1.807) is 24.3 Å². The number of terminal acetylenes is 1. The molecule has 0 saturated carbocycles. The number of rotatable bonds is 3. The number of para-hydroxylation sites is 1. The van der Waals surface area contributed by atoms with Crippen LogP contribution >= 0.6 is 11.6 Å². The van der Waals surface area contributed by atoms with Gasteiger partial charge in [0.15, 0.2) is 0 Å². The van der Waals surface area contributed by atoms with Crippen LogP contribution in [0.25, 0.3) is 10.9 Å². The van der Waals surface area contributed by atoms with E-state index in [1.807, 2.05) is 12.1 Å². The maximum absolute atomic E-state index is 13.2. The third-order valence-electron chi connectivity index (χ3n) is 3.87. The van der Waals surface area contributed by atoms with Crippen molar-refractivity contribution in [3.05, 3.63) is 70.9 Å². The van der Waals surface area contributed by atoms with Gasteiger partial charge < -0.3 is 0 Å². The molecule has 136 valence electrons. The first-order valence-corrected chi connectivity index (χ1v) is 8.17. The second-order valence-electron chi connectivity index (χ2n) is 5.69. The topological polar surface area (TPSA) is 33.2 Å². The average Bonchev–Trinajstić information content (AvgIpc) is 2.64. The quantitative estimate of drug-likeness (QED) is 0.594. The normalized spacial score (nSPS) is 11.2. The van der Waals surface area contributed by atoms with Crippen molar-refractivity contribution in [3.8, 4) is 12.3 Å². The Labute approximate surface area is 158 Å². The molecule has 1 amide bonds. The van der Waals surface area contributed by atoms with Gasteiger partial charge in [0.2, 0.25) is 0 Å². The summed E-state index contributed by atoms with van der Waals surface area (Å²) in [5, 5.41) is 0.998. The fourth-order valence-electron chi connectivity index (χ4n) is 2.63. The molecule has 0 bridgehead atoms. The fraction of sp³-hybridized carbons (Fsp3) is 0.100. The van der Waals surface area contributed by atoms with Gasteiger partial charge in [0.05, 0.1) is 23.4 Å². The lowest BCUT2D eigenvalue weighted by atomic mass is 10.1. The Bertz CT molecular complexity index is 1060. The molecule has 0 saturated heterocycles. The van der Waals surface area contributed by atoms with Crippen molar-refractivity contribution in [2.75, 3.05) is 4.90 Å². The van der Waals surface area contributed by atoms with Gasteiger partial charge in [-0.1, -0.05) is 41.8 Å². The molecule has 0 fully saturated rings. The number of alkyl halides is 3. The van der Waals surface area contributed by atoms with E-state index >= 15 is 0 Å². The summed E-state index contributed by atoms with van der Waals surface area (Å²) in [4.78, 5) is 17.0. The van der Waals surface area contributed by atoms with Gasteiger partial charge in [-0.25, -0.2) is 0 Å². The van der Waals surface area contributed by atoms with E-state index in [9.17, 15) is 18.0 Å². The first-order valence-electron chi connectivity index (χ1n) is 7.79. The Morgan fingerprint density at radius 2 is 1.89 bits per heavy atom. The SMILES string of the molecule is C#Cc1ccc(Cl)cc1N(Cc1ccc2ccccc2n1)C(=O)C(F)(F)F. The van der Waals surface area contributed by atoms with Crippen molar-refractivity contribution >= 4 is 34.1 Å². The molecule has 0 aliphatic carbocycles. The number of anilines is 1. The van der Waals surface area contributed by atoms with Crippen LogP contribution in [0.3, 0.4) is 0 Å². The number of hydrogen-bond donors (Lipinski definition) is 0. The van der Waals surface area contributed by atoms with Gasteiger partial charge >= 0.3 is 12.1 Å². The molecule has 1 heterocycles. The third kappa shape index (κ3) is 4.04. The largest absolute Gasteiger partial charge is 0.471 e. The molecule has 3 rings (SSSR count). The van der Waals surface area contributed by atoms with Crippen molar-refractivity contribution in [3.63, 3.8) is 0 Å². The molecule has 3 nitrogen and oxygen atoms in total. The van der Waals surface area contributed by atoms with Crippen LogP contribution < -0.4 is 4.90 Å². The van der Waals surface area contributed by atoms with Gasteiger partial charge in [-0.3, -0.25) is 14.7 Å². The number of halogens is 4. The molecule has 0 atom stereocenters. The molecule has 1 aromatic heterocycles. The fourth-order valence-corrected chi connectivity index (χ4v) is 2.79. The summed E-state index contributed by atoms with van der Waals surface area (Å²) in [6.07, 6.45) is 0.309. The molecule has 3 aromatic rings. The van der Waals surface area contributed by atoms with E-state index in [2.05, 4.69) is 10.9 Å². The molecule has 27 heavy (non-hydrogen) atoms. The zero-order chi connectivity index (χ0) is 19.6. The van der Waals surface area contributed by atoms with Crippen LogP contribution in [0.5, 0.6) is 0 Å². The number of amides is 1. The number of benzene rings is 2. The lowest BCUT2D eigenvalue weighted by Crippen LogP contribution is -2.41. The zero-order valence-electron chi connectivity index (χ0n) is 13.8. The first-order chi connectivity index (χ1) is 12.8. The summed E-state index contributed by atoms with van der Waals surface area (Å²) in [5.74, 6) is 0.240. The van der Waals surface area contributed by atoms with Crippen LogP contribution in [0.1, 0.15) is 11.3 Å². The van der Waals surface area contributed by atoms with Gasteiger partial charge in [0, 0.05) is 16.0 Å². The van der Waals surface area contributed by atoms with Crippen molar-refractivity contribution in [1.82, 2.24) is 4.98 Å². The summed E-state index contributed by atoms with van der Waals surface area (Å²) in [6.45, 7) is -0.405. The van der Waals surface area contributed by atoms with Crippen LogP contribution in [0, 0.1) is 12.3 Å². The molecule has 0 unspecified atom stereocenters. The van der Waals surface area contributed by atoms with Crippen molar-refractivity contribution < 1.29 is 18.0 Å². The van der Waals surface area contributed by atoms with E-state index in [0.717, 1.165) is 5.39 Å². The highest BCUT2D eigenvalue weighted by Gasteiger charge is 2.43. The molecule has 0 aliphatic heterocycles. The van der Waals surface area contributed by atoms with E-state index in [4.69, 9.17) is 18.0 Å². The standard InChI is InChI=1S/C20H12ClF3N2O/c1-2-13-7-9-15(21)11-18(13)26(19(27)20(22,23)24)12-16-10-8-14-5-3-4-6-17(14)25-16/h1,3-11H,12H2. The molecule has 2 aromatic carbocycles. The van der Waals surface area contributed by atoms with Gasteiger partial charge in [-0.05, 0) is 30.3 Å². The Balaban J connectivity index is 2.09. The number of aromatic nitrogens is 1. The molecular weight excluding hydrogens is 377 g/mol. The predicted molar refractivity (Wildman–Crippen MR) is 98.4 cm³/mol. The Morgan fingerprint density at radius 1 is 1.15 bits per heavy atom. The Hall–Kier alpha value is -3.04.